The third-order valence-corrected chi connectivity index (χ3v) is 5.50. The van der Waals surface area contributed by atoms with Crippen LogP contribution in [0, 0.1) is 0 Å². The van der Waals surface area contributed by atoms with Gasteiger partial charge in [0.25, 0.3) is 0 Å². The zero-order chi connectivity index (χ0) is 17.4. The number of rotatable bonds is 5. The number of carbonyl (C=O) groups excluding carboxylic acids is 1. The second-order valence-electron chi connectivity index (χ2n) is 6.70. The average Bonchev–Trinajstić information content (AvgIpc) is 2.65. The van der Waals surface area contributed by atoms with E-state index in [-0.39, 0.29) is 6.42 Å². The van der Waals surface area contributed by atoms with Gasteiger partial charge in [-0.25, -0.2) is 0 Å². The Morgan fingerprint density at radius 1 is 1.30 bits per heavy atom. The highest BCUT2D eigenvalue weighted by Gasteiger charge is 2.54. The van der Waals surface area contributed by atoms with Gasteiger partial charge in [-0.15, -0.1) is 0 Å². The molecule has 0 spiro atoms. The Morgan fingerprint density at radius 2 is 1.87 bits per heavy atom. The topological polar surface area (TPSA) is 72.8 Å². The molecule has 23 heavy (non-hydrogen) atoms. The third kappa shape index (κ3) is 3.51. The minimum absolute atomic E-state index is 0.155. The van der Waals surface area contributed by atoms with Crippen molar-refractivity contribution in [3.8, 4) is 0 Å². The lowest BCUT2D eigenvalue weighted by Gasteiger charge is -2.32. The second-order valence-corrected chi connectivity index (χ2v) is 7.49. The van der Waals surface area contributed by atoms with Crippen molar-refractivity contribution >= 4 is 35.3 Å². The Hall–Kier alpha value is -1.18. The summed E-state index contributed by atoms with van der Waals surface area (Å²) in [6.45, 7) is 7.67. The number of aldehydes is 1. The standard InChI is InChI=1S/C16H20BBrO5/c1-15(2)16(3,4)23-17(22-15)12(8-13(20)21)11-7-5-6-10(9-19)14(11)18/h5-7,9,12H,8H2,1-4H3,(H,20,21). The second kappa shape index (κ2) is 6.38. The number of carboxylic acids is 1. The fourth-order valence-electron chi connectivity index (χ4n) is 2.54. The van der Waals surface area contributed by atoms with E-state index in [9.17, 15) is 14.7 Å². The van der Waals surface area contributed by atoms with Gasteiger partial charge < -0.3 is 14.4 Å². The fourth-order valence-corrected chi connectivity index (χ4v) is 3.19. The number of carbonyl (C=O) groups is 2. The van der Waals surface area contributed by atoms with Crippen LogP contribution in [-0.2, 0) is 14.1 Å². The molecule has 1 saturated heterocycles. The van der Waals surface area contributed by atoms with Crippen LogP contribution in [0.5, 0.6) is 0 Å². The molecule has 1 aromatic rings. The van der Waals surface area contributed by atoms with Crippen LogP contribution in [0.1, 0.15) is 55.9 Å². The van der Waals surface area contributed by atoms with Gasteiger partial charge in [0.2, 0.25) is 0 Å². The van der Waals surface area contributed by atoms with Crippen molar-refractivity contribution in [2.75, 3.05) is 0 Å². The van der Waals surface area contributed by atoms with Gasteiger partial charge in [-0.2, -0.15) is 0 Å². The molecule has 1 unspecified atom stereocenters. The minimum Gasteiger partial charge on any atom is -0.481 e. The lowest BCUT2D eigenvalue weighted by Crippen LogP contribution is -2.41. The highest BCUT2D eigenvalue weighted by molar-refractivity contribution is 9.10. The van der Waals surface area contributed by atoms with E-state index in [0.717, 1.165) is 6.29 Å². The zero-order valence-electron chi connectivity index (χ0n) is 13.6. The molecule has 7 heteroatoms. The van der Waals surface area contributed by atoms with Gasteiger partial charge in [-0.3, -0.25) is 9.59 Å². The van der Waals surface area contributed by atoms with Crippen LogP contribution in [0.2, 0.25) is 0 Å². The molecule has 1 fully saturated rings. The van der Waals surface area contributed by atoms with Gasteiger partial charge in [-0.1, -0.05) is 18.2 Å². The van der Waals surface area contributed by atoms with Crippen molar-refractivity contribution < 1.29 is 24.0 Å². The first-order valence-corrected chi connectivity index (χ1v) is 8.19. The van der Waals surface area contributed by atoms with Gasteiger partial charge in [0, 0.05) is 15.9 Å². The highest BCUT2D eigenvalue weighted by atomic mass is 79.9. The lowest BCUT2D eigenvalue weighted by atomic mass is 9.66. The van der Waals surface area contributed by atoms with Crippen LogP contribution in [0.25, 0.3) is 0 Å². The molecule has 1 atom stereocenters. The summed E-state index contributed by atoms with van der Waals surface area (Å²) < 4.78 is 12.6. The zero-order valence-corrected chi connectivity index (χ0v) is 15.2. The Kier molecular flexibility index (Phi) is 5.04. The summed E-state index contributed by atoms with van der Waals surface area (Å²) in [5.41, 5.74) is 0.0525. The summed E-state index contributed by atoms with van der Waals surface area (Å²) in [6, 6.07) is 5.18. The highest BCUT2D eigenvalue weighted by Crippen LogP contribution is 2.43. The summed E-state index contributed by atoms with van der Waals surface area (Å²) in [7, 11) is -0.700. The normalized spacial score (nSPS) is 20.3. The van der Waals surface area contributed by atoms with Crippen LogP contribution in [-0.4, -0.2) is 35.7 Å². The van der Waals surface area contributed by atoms with Crippen LogP contribution in [0.3, 0.4) is 0 Å². The van der Waals surface area contributed by atoms with Crippen molar-refractivity contribution in [3.05, 3.63) is 33.8 Å². The van der Waals surface area contributed by atoms with E-state index in [1.165, 1.54) is 0 Å². The summed E-state index contributed by atoms with van der Waals surface area (Å²) in [5.74, 6) is -1.48. The van der Waals surface area contributed by atoms with Gasteiger partial charge in [0.15, 0.2) is 6.29 Å². The molecule has 0 radical (unpaired) electrons. The van der Waals surface area contributed by atoms with Gasteiger partial charge in [0.1, 0.15) is 0 Å². The number of aliphatic carboxylic acids is 1. The van der Waals surface area contributed by atoms with E-state index in [0.29, 0.717) is 15.6 Å². The Morgan fingerprint density at radius 3 is 2.35 bits per heavy atom. The summed E-state index contributed by atoms with van der Waals surface area (Å²) >= 11 is 3.40. The SMILES string of the molecule is CC1(C)OB(C(CC(=O)O)c2cccc(C=O)c2Br)OC1(C)C. The molecule has 0 aromatic heterocycles. The minimum atomic E-state index is -0.951. The molecular formula is C16H20BBrO5. The van der Waals surface area contributed by atoms with Crippen molar-refractivity contribution in [3.63, 3.8) is 0 Å². The van der Waals surface area contributed by atoms with Crippen molar-refractivity contribution in [1.82, 2.24) is 0 Å². The van der Waals surface area contributed by atoms with E-state index < -0.39 is 30.1 Å². The molecule has 1 N–H and O–H groups in total. The molecular weight excluding hydrogens is 363 g/mol. The molecule has 1 aromatic carbocycles. The maximum absolute atomic E-state index is 11.3. The van der Waals surface area contributed by atoms with E-state index >= 15 is 0 Å². The van der Waals surface area contributed by atoms with Crippen molar-refractivity contribution in [2.45, 2.75) is 51.1 Å². The van der Waals surface area contributed by atoms with Crippen LogP contribution < -0.4 is 0 Å². The maximum atomic E-state index is 11.3. The average molecular weight is 383 g/mol. The Labute approximate surface area is 144 Å². The van der Waals surface area contributed by atoms with Gasteiger partial charge in [-0.05, 0) is 49.2 Å². The van der Waals surface area contributed by atoms with Crippen molar-refractivity contribution in [1.29, 1.82) is 0 Å². The maximum Gasteiger partial charge on any atom is 0.466 e. The predicted octanol–water partition coefficient (Wildman–Crippen LogP) is 3.45. The Bertz CT molecular complexity index is 613. The molecule has 1 aliphatic heterocycles. The number of carboxylic acid groups (broad SMARTS) is 1. The molecule has 2 rings (SSSR count). The first-order valence-electron chi connectivity index (χ1n) is 7.40. The number of benzene rings is 1. The third-order valence-electron chi connectivity index (χ3n) is 4.58. The van der Waals surface area contributed by atoms with Gasteiger partial charge in [0.05, 0.1) is 17.6 Å². The monoisotopic (exact) mass is 382 g/mol. The molecule has 1 aliphatic rings. The first-order chi connectivity index (χ1) is 10.6. The van der Waals surface area contributed by atoms with E-state index in [2.05, 4.69) is 15.9 Å². The smallest absolute Gasteiger partial charge is 0.466 e. The number of hydrogen-bond acceptors (Lipinski definition) is 4. The largest absolute Gasteiger partial charge is 0.481 e. The van der Waals surface area contributed by atoms with Crippen molar-refractivity contribution in [2.24, 2.45) is 0 Å². The van der Waals surface area contributed by atoms with Crippen LogP contribution >= 0.6 is 15.9 Å². The number of hydrogen-bond donors (Lipinski definition) is 1. The predicted molar refractivity (Wildman–Crippen MR) is 90.6 cm³/mol. The number of halogens is 1. The van der Waals surface area contributed by atoms with Crippen LogP contribution in [0.4, 0.5) is 0 Å². The van der Waals surface area contributed by atoms with E-state index in [1.807, 2.05) is 27.7 Å². The lowest BCUT2D eigenvalue weighted by molar-refractivity contribution is -0.137. The molecule has 0 aliphatic carbocycles. The molecule has 0 amide bonds. The van der Waals surface area contributed by atoms with E-state index in [1.54, 1.807) is 18.2 Å². The van der Waals surface area contributed by atoms with Gasteiger partial charge >= 0.3 is 13.1 Å². The summed E-state index contributed by atoms with van der Waals surface area (Å²) in [5, 5.41) is 9.29. The van der Waals surface area contributed by atoms with Crippen LogP contribution in [0.15, 0.2) is 22.7 Å². The quantitative estimate of drug-likeness (QED) is 0.623. The molecule has 124 valence electrons. The molecule has 5 nitrogen and oxygen atoms in total. The molecule has 1 heterocycles. The summed E-state index contributed by atoms with van der Waals surface area (Å²) in [4.78, 5) is 22.5. The fraction of sp³-hybridized carbons (Fsp3) is 0.500. The summed E-state index contributed by atoms with van der Waals surface area (Å²) in [6.07, 6.45) is 0.577. The van der Waals surface area contributed by atoms with E-state index in [4.69, 9.17) is 9.31 Å². The molecule has 0 saturated carbocycles. The Balaban J connectivity index is 2.44. The molecule has 0 bridgehead atoms. The first kappa shape index (κ1) is 18.2.